The van der Waals surface area contributed by atoms with E-state index < -0.39 is 11.9 Å². The molecule has 2 rings (SSSR count). The minimum atomic E-state index is -4.45. The second-order valence-corrected chi connectivity index (χ2v) is 5.93. The zero-order valence-electron chi connectivity index (χ0n) is 14.6. The lowest BCUT2D eigenvalue weighted by Gasteiger charge is -2.26. The van der Waals surface area contributed by atoms with Crippen molar-refractivity contribution in [3.8, 4) is 0 Å². The van der Waals surface area contributed by atoms with Gasteiger partial charge in [-0.15, -0.1) is 24.0 Å². The molecule has 1 aliphatic rings. The molecule has 1 saturated heterocycles. The normalized spacial score (nSPS) is 16.4. The van der Waals surface area contributed by atoms with E-state index in [9.17, 15) is 13.2 Å². The number of likely N-dealkylation sites (tertiary alicyclic amines) is 1. The Hall–Kier alpha value is -1.04. The second-order valence-electron chi connectivity index (χ2n) is 5.93. The third kappa shape index (κ3) is 7.00. The highest BCUT2D eigenvalue weighted by atomic mass is 127. The molecule has 0 aliphatic carbocycles. The first-order valence-corrected chi connectivity index (χ1v) is 8.16. The molecular weight excluding hydrogens is 448 g/mol. The van der Waals surface area contributed by atoms with Crippen molar-refractivity contribution in [2.45, 2.75) is 32.0 Å². The highest BCUT2D eigenvalue weighted by molar-refractivity contribution is 14.0. The number of aliphatic imine (C=N–C) groups is 1. The van der Waals surface area contributed by atoms with Crippen LogP contribution in [0.3, 0.4) is 0 Å². The van der Waals surface area contributed by atoms with E-state index >= 15 is 0 Å². The number of aromatic nitrogens is 2. The molecule has 0 radical (unpaired) electrons. The molecule has 1 aliphatic heterocycles. The van der Waals surface area contributed by atoms with E-state index in [1.807, 2.05) is 0 Å². The first kappa shape index (κ1) is 22.0. The zero-order valence-corrected chi connectivity index (χ0v) is 16.9. The number of aryl methyl sites for hydroxylation is 1. The Kier molecular flexibility index (Phi) is 8.97. The van der Waals surface area contributed by atoms with Crippen LogP contribution < -0.4 is 10.6 Å². The predicted octanol–water partition coefficient (Wildman–Crippen LogP) is 2.21. The Bertz CT molecular complexity index is 552. The molecule has 1 fully saturated rings. The summed E-state index contributed by atoms with van der Waals surface area (Å²) in [5, 5.41) is 9.55. The number of piperidine rings is 1. The van der Waals surface area contributed by atoms with Crippen LogP contribution in [0.4, 0.5) is 13.2 Å². The quantitative estimate of drug-likeness (QED) is 0.391. The van der Waals surface area contributed by atoms with Gasteiger partial charge in [-0.3, -0.25) is 9.67 Å². The lowest BCUT2D eigenvalue weighted by molar-refractivity contribution is -0.142. The summed E-state index contributed by atoms with van der Waals surface area (Å²) in [7, 11) is 3.08. The van der Waals surface area contributed by atoms with Gasteiger partial charge < -0.3 is 15.5 Å². The van der Waals surface area contributed by atoms with Crippen LogP contribution in [0.5, 0.6) is 0 Å². The van der Waals surface area contributed by atoms with Crippen LogP contribution in [0.2, 0.25) is 0 Å². The van der Waals surface area contributed by atoms with Crippen molar-refractivity contribution in [3.05, 3.63) is 17.5 Å². The number of nitrogens with zero attached hydrogens (tertiary/aromatic N) is 4. The SMILES string of the molecule is CN=C(NCCN1CCCCC1)NCc1cn(C)nc1C(F)(F)F.I. The maximum atomic E-state index is 12.9. The number of nitrogens with one attached hydrogen (secondary N) is 2. The van der Waals surface area contributed by atoms with Crippen LogP contribution in [0.25, 0.3) is 0 Å². The molecule has 1 aromatic heterocycles. The third-order valence-electron chi connectivity index (χ3n) is 4.01. The van der Waals surface area contributed by atoms with E-state index in [4.69, 9.17) is 0 Å². The van der Waals surface area contributed by atoms with E-state index in [0.717, 1.165) is 19.6 Å². The number of hydrogen-bond acceptors (Lipinski definition) is 3. The summed E-state index contributed by atoms with van der Waals surface area (Å²) >= 11 is 0. The van der Waals surface area contributed by atoms with Gasteiger partial charge in [0.1, 0.15) is 0 Å². The van der Waals surface area contributed by atoms with Crippen molar-refractivity contribution in [1.82, 2.24) is 25.3 Å². The first-order chi connectivity index (χ1) is 11.4. The van der Waals surface area contributed by atoms with Crippen LogP contribution >= 0.6 is 24.0 Å². The molecule has 6 nitrogen and oxygen atoms in total. The maximum absolute atomic E-state index is 12.9. The molecule has 0 saturated carbocycles. The molecule has 25 heavy (non-hydrogen) atoms. The monoisotopic (exact) mass is 474 g/mol. The predicted molar refractivity (Wildman–Crippen MR) is 102 cm³/mol. The van der Waals surface area contributed by atoms with Gasteiger partial charge in [-0.05, 0) is 25.9 Å². The topological polar surface area (TPSA) is 57.5 Å². The number of guanidine groups is 1. The molecule has 0 aromatic carbocycles. The Morgan fingerprint density at radius 1 is 1.24 bits per heavy atom. The standard InChI is InChI=1S/C15H25F3N6.HI/c1-19-14(20-6-9-24-7-4-3-5-8-24)21-10-12-11-23(2)22-13(12)15(16,17)18;/h11H,3-10H2,1-2H3,(H2,19,20,21);1H. The molecule has 0 bridgehead atoms. The molecule has 1 aromatic rings. The fourth-order valence-corrected chi connectivity index (χ4v) is 2.82. The smallest absolute Gasteiger partial charge is 0.355 e. The fraction of sp³-hybridized carbons (Fsp3) is 0.733. The van der Waals surface area contributed by atoms with Crippen LogP contribution in [0.15, 0.2) is 11.2 Å². The Balaban J connectivity index is 0.00000312. The van der Waals surface area contributed by atoms with E-state index in [-0.39, 0.29) is 36.1 Å². The van der Waals surface area contributed by atoms with Gasteiger partial charge in [-0.1, -0.05) is 6.42 Å². The van der Waals surface area contributed by atoms with Gasteiger partial charge in [-0.2, -0.15) is 18.3 Å². The molecule has 2 N–H and O–H groups in total. The van der Waals surface area contributed by atoms with Gasteiger partial charge in [0, 0.05) is 45.5 Å². The second kappa shape index (κ2) is 10.2. The van der Waals surface area contributed by atoms with E-state index in [1.54, 1.807) is 7.05 Å². The number of hydrogen-bond donors (Lipinski definition) is 2. The Morgan fingerprint density at radius 3 is 2.52 bits per heavy atom. The van der Waals surface area contributed by atoms with Gasteiger partial charge >= 0.3 is 6.18 Å². The van der Waals surface area contributed by atoms with Crippen molar-refractivity contribution < 1.29 is 13.2 Å². The summed E-state index contributed by atoms with van der Waals surface area (Å²) in [6.45, 7) is 3.85. The van der Waals surface area contributed by atoms with Gasteiger partial charge in [0.25, 0.3) is 0 Å². The number of rotatable bonds is 5. The van der Waals surface area contributed by atoms with Crippen molar-refractivity contribution >= 4 is 29.9 Å². The van der Waals surface area contributed by atoms with E-state index in [0.29, 0.717) is 12.5 Å². The summed E-state index contributed by atoms with van der Waals surface area (Å²) < 4.78 is 39.9. The highest BCUT2D eigenvalue weighted by Crippen LogP contribution is 2.30. The molecule has 2 heterocycles. The molecule has 0 atom stereocenters. The van der Waals surface area contributed by atoms with Gasteiger partial charge in [0.15, 0.2) is 11.7 Å². The first-order valence-electron chi connectivity index (χ1n) is 8.16. The average Bonchev–Trinajstić information content (AvgIpc) is 2.93. The summed E-state index contributed by atoms with van der Waals surface area (Å²) in [6, 6.07) is 0. The van der Waals surface area contributed by atoms with Crippen molar-refractivity contribution in [2.24, 2.45) is 12.0 Å². The molecule has 0 spiro atoms. The molecular formula is C15H26F3IN6. The average molecular weight is 474 g/mol. The molecule has 144 valence electrons. The highest BCUT2D eigenvalue weighted by Gasteiger charge is 2.36. The zero-order chi connectivity index (χ0) is 17.6. The lowest BCUT2D eigenvalue weighted by Crippen LogP contribution is -2.42. The van der Waals surface area contributed by atoms with Crippen molar-refractivity contribution in [2.75, 3.05) is 33.2 Å². The summed E-state index contributed by atoms with van der Waals surface area (Å²) in [4.78, 5) is 6.43. The van der Waals surface area contributed by atoms with Gasteiger partial charge in [-0.25, -0.2) is 0 Å². The summed E-state index contributed by atoms with van der Waals surface area (Å²) in [6.07, 6.45) is 0.669. The summed E-state index contributed by atoms with van der Waals surface area (Å²) in [5.74, 6) is 0.490. The van der Waals surface area contributed by atoms with E-state index in [1.165, 1.54) is 37.2 Å². The number of halogens is 4. The largest absolute Gasteiger partial charge is 0.435 e. The van der Waals surface area contributed by atoms with E-state index in [2.05, 4.69) is 25.6 Å². The van der Waals surface area contributed by atoms with Crippen LogP contribution in [-0.4, -0.2) is 53.9 Å². The fourth-order valence-electron chi connectivity index (χ4n) is 2.82. The minimum Gasteiger partial charge on any atom is -0.355 e. The molecule has 0 amide bonds. The lowest BCUT2D eigenvalue weighted by atomic mass is 10.1. The van der Waals surface area contributed by atoms with Crippen molar-refractivity contribution in [3.63, 3.8) is 0 Å². The maximum Gasteiger partial charge on any atom is 0.435 e. The van der Waals surface area contributed by atoms with Crippen LogP contribution in [-0.2, 0) is 19.8 Å². The van der Waals surface area contributed by atoms with Crippen LogP contribution in [0.1, 0.15) is 30.5 Å². The van der Waals surface area contributed by atoms with Crippen LogP contribution in [0, 0.1) is 0 Å². The third-order valence-corrected chi connectivity index (χ3v) is 4.01. The minimum absolute atomic E-state index is 0. The Morgan fingerprint density at radius 2 is 1.92 bits per heavy atom. The number of alkyl halides is 3. The van der Waals surface area contributed by atoms with Crippen molar-refractivity contribution in [1.29, 1.82) is 0 Å². The molecule has 0 unspecified atom stereocenters. The Labute approximate surface area is 163 Å². The van der Waals surface area contributed by atoms with Gasteiger partial charge in [0.2, 0.25) is 0 Å². The van der Waals surface area contributed by atoms with Gasteiger partial charge in [0.05, 0.1) is 0 Å². The summed E-state index contributed by atoms with van der Waals surface area (Å²) in [5.41, 5.74) is -0.759. The molecule has 10 heteroatoms.